The summed E-state index contributed by atoms with van der Waals surface area (Å²) >= 11 is 0. The van der Waals surface area contributed by atoms with E-state index < -0.39 is 17.7 Å². The van der Waals surface area contributed by atoms with Gasteiger partial charge in [0.1, 0.15) is 23.4 Å². The van der Waals surface area contributed by atoms with Crippen LogP contribution in [0.25, 0.3) is 5.76 Å². The average molecular weight is 446 g/mol. The smallest absolute Gasteiger partial charge is 0.301 e. The SMILES string of the molecule is COc1cccc(C(O)=C2C(=O)C(=O)N(c3ccccn3)C2c2cccc(OC)c2OC)c1. The second kappa shape index (κ2) is 9.04. The molecule has 2 heterocycles. The first-order valence-corrected chi connectivity index (χ1v) is 10.1. The van der Waals surface area contributed by atoms with Crippen LogP contribution < -0.4 is 19.1 Å². The number of aliphatic hydroxyl groups is 1. The minimum atomic E-state index is -1.00. The highest BCUT2D eigenvalue weighted by atomic mass is 16.5. The predicted octanol–water partition coefficient (Wildman–Crippen LogP) is 3.73. The van der Waals surface area contributed by atoms with Crippen LogP contribution in [0.4, 0.5) is 5.82 Å². The van der Waals surface area contributed by atoms with Gasteiger partial charge in [0.05, 0.1) is 26.9 Å². The average Bonchev–Trinajstić information content (AvgIpc) is 3.13. The fourth-order valence-electron chi connectivity index (χ4n) is 3.91. The molecular formula is C25H22N2O6. The highest BCUT2D eigenvalue weighted by Crippen LogP contribution is 2.46. The first kappa shape index (κ1) is 21.9. The van der Waals surface area contributed by atoms with Crippen LogP contribution in [0.15, 0.2) is 72.4 Å². The van der Waals surface area contributed by atoms with E-state index in [4.69, 9.17) is 14.2 Å². The van der Waals surface area contributed by atoms with Crippen molar-refractivity contribution in [1.82, 2.24) is 4.98 Å². The minimum absolute atomic E-state index is 0.0922. The summed E-state index contributed by atoms with van der Waals surface area (Å²) in [4.78, 5) is 32.0. The second-order valence-electron chi connectivity index (χ2n) is 7.17. The highest BCUT2D eigenvalue weighted by Gasteiger charge is 2.48. The van der Waals surface area contributed by atoms with Crippen molar-refractivity contribution in [3.05, 3.63) is 83.6 Å². The molecule has 1 atom stereocenters. The van der Waals surface area contributed by atoms with Crippen molar-refractivity contribution in [2.24, 2.45) is 0 Å². The van der Waals surface area contributed by atoms with Crippen molar-refractivity contribution in [1.29, 1.82) is 0 Å². The van der Waals surface area contributed by atoms with Crippen LogP contribution in [0.2, 0.25) is 0 Å². The number of carbonyl (C=O) groups excluding carboxylic acids is 2. The quantitative estimate of drug-likeness (QED) is 0.350. The van der Waals surface area contributed by atoms with Gasteiger partial charge in [0.25, 0.3) is 5.78 Å². The van der Waals surface area contributed by atoms with Gasteiger partial charge in [-0.15, -0.1) is 0 Å². The molecule has 1 amide bonds. The predicted molar refractivity (Wildman–Crippen MR) is 122 cm³/mol. The van der Waals surface area contributed by atoms with E-state index in [0.29, 0.717) is 28.4 Å². The van der Waals surface area contributed by atoms with Gasteiger partial charge in [-0.3, -0.25) is 14.5 Å². The van der Waals surface area contributed by atoms with Gasteiger partial charge < -0.3 is 19.3 Å². The lowest BCUT2D eigenvalue weighted by molar-refractivity contribution is -0.132. The molecule has 1 aliphatic rings. The molecule has 0 aliphatic carbocycles. The Balaban J connectivity index is 2.01. The van der Waals surface area contributed by atoms with E-state index in [1.165, 1.54) is 32.4 Å². The topological polar surface area (TPSA) is 98.2 Å². The van der Waals surface area contributed by atoms with Crippen LogP contribution in [-0.2, 0) is 9.59 Å². The standard InChI is InChI=1S/C25H22N2O6/c1-31-16-9-6-8-15(14-16)22(28)20-21(17-10-7-11-18(32-2)24(17)33-3)27(25(30)23(20)29)19-12-4-5-13-26-19/h4-14,21,28H,1-3H3. The summed E-state index contributed by atoms with van der Waals surface area (Å²) in [5.74, 6) is -0.468. The van der Waals surface area contributed by atoms with Crippen molar-refractivity contribution in [3.63, 3.8) is 0 Å². The number of nitrogens with zero attached hydrogens (tertiary/aromatic N) is 2. The van der Waals surface area contributed by atoms with Crippen LogP contribution in [0.5, 0.6) is 17.2 Å². The number of amides is 1. The maximum absolute atomic E-state index is 13.3. The Hall–Kier alpha value is -4.33. The lowest BCUT2D eigenvalue weighted by Crippen LogP contribution is -2.30. The number of carbonyl (C=O) groups is 2. The van der Waals surface area contributed by atoms with E-state index in [2.05, 4.69) is 4.98 Å². The molecule has 8 nitrogen and oxygen atoms in total. The molecule has 1 aromatic heterocycles. The Morgan fingerprint density at radius 2 is 1.73 bits per heavy atom. The summed E-state index contributed by atoms with van der Waals surface area (Å²) in [5, 5.41) is 11.2. The number of hydrogen-bond donors (Lipinski definition) is 1. The number of rotatable bonds is 6. The second-order valence-corrected chi connectivity index (χ2v) is 7.17. The molecule has 2 aromatic carbocycles. The Bertz CT molecular complexity index is 1240. The summed E-state index contributed by atoms with van der Waals surface area (Å²) in [6.45, 7) is 0. The van der Waals surface area contributed by atoms with E-state index in [-0.39, 0.29) is 17.2 Å². The van der Waals surface area contributed by atoms with E-state index >= 15 is 0 Å². The molecule has 168 valence electrons. The number of aliphatic hydroxyl groups excluding tert-OH is 1. The lowest BCUT2D eigenvalue weighted by Gasteiger charge is -2.26. The molecule has 1 fully saturated rings. The molecule has 1 saturated heterocycles. The van der Waals surface area contributed by atoms with Crippen molar-refractivity contribution >= 4 is 23.3 Å². The summed E-state index contributed by atoms with van der Waals surface area (Å²) in [7, 11) is 4.46. The van der Waals surface area contributed by atoms with Crippen LogP contribution in [-0.4, -0.2) is 43.1 Å². The number of pyridine rings is 1. The zero-order chi connectivity index (χ0) is 23.5. The van der Waals surface area contributed by atoms with Gasteiger partial charge in [-0.1, -0.05) is 30.3 Å². The Morgan fingerprint density at radius 3 is 2.39 bits per heavy atom. The van der Waals surface area contributed by atoms with Gasteiger partial charge in [-0.2, -0.15) is 0 Å². The molecular weight excluding hydrogens is 424 g/mol. The van der Waals surface area contributed by atoms with Crippen LogP contribution >= 0.6 is 0 Å². The number of ether oxygens (including phenoxy) is 3. The Labute approximate surface area is 190 Å². The molecule has 1 N–H and O–H groups in total. The largest absolute Gasteiger partial charge is 0.507 e. The van der Waals surface area contributed by atoms with E-state index in [0.717, 1.165) is 0 Å². The van der Waals surface area contributed by atoms with Gasteiger partial charge in [0, 0.05) is 17.3 Å². The minimum Gasteiger partial charge on any atom is -0.507 e. The Kier molecular flexibility index (Phi) is 5.99. The van der Waals surface area contributed by atoms with Crippen LogP contribution in [0.3, 0.4) is 0 Å². The van der Waals surface area contributed by atoms with Gasteiger partial charge in [-0.25, -0.2) is 4.98 Å². The summed E-state index contributed by atoms with van der Waals surface area (Å²) in [6.07, 6.45) is 1.52. The Morgan fingerprint density at radius 1 is 0.939 bits per heavy atom. The van der Waals surface area contributed by atoms with Gasteiger partial charge >= 0.3 is 5.91 Å². The number of para-hydroxylation sites is 1. The van der Waals surface area contributed by atoms with E-state index in [1.807, 2.05) is 0 Å². The molecule has 1 unspecified atom stereocenters. The maximum atomic E-state index is 13.3. The lowest BCUT2D eigenvalue weighted by atomic mass is 9.94. The van der Waals surface area contributed by atoms with Crippen molar-refractivity contribution in [3.8, 4) is 17.2 Å². The summed E-state index contributed by atoms with van der Waals surface area (Å²) in [5.41, 5.74) is 0.705. The van der Waals surface area contributed by atoms with E-state index in [1.54, 1.807) is 60.7 Å². The zero-order valence-corrected chi connectivity index (χ0v) is 18.3. The molecule has 0 spiro atoms. The van der Waals surface area contributed by atoms with Crippen molar-refractivity contribution in [2.45, 2.75) is 6.04 Å². The number of benzene rings is 2. The molecule has 0 bridgehead atoms. The van der Waals surface area contributed by atoms with Crippen LogP contribution in [0, 0.1) is 0 Å². The summed E-state index contributed by atoms with van der Waals surface area (Å²) in [6, 6.07) is 15.8. The van der Waals surface area contributed by atoms with Gasteiger partial charge in [0.15, 0.2) is 11.5 Å². The first-order chi connectivity index (χ1) is 16.0. The highest BCUT2D eigenvalue weighted by molar-refractivity contribution is 6.51. The number of ketones is 1. The number of aromatic nitrogens is 1. The van der Waals surface area contributed by atoms with Gasteiger partial charge in [-0.05, 0) is 30.3 Å². The molecule has 0 radical (unpaired) electrons. The zero-order valence-electron chi connectivity index (χ0n) is 18.3. The number of methoxy groups -OCH3 is 3. The fraction of sp³-hybridized carbons (Fsp3) is 0.160. The monoisotopic (exact) mass is 446 g/mol. The summed E-state index contributed by atoms with van der Waals surface area (Å²) < 4.78 is 16.2. The molecule has 3 aromatic rings. The third-order valence-corrected chi connectivity index (χ3v) is 5.41. The van der Waals surface area contributed by atoms with Crippen molar-refractivity contribution in [2.75, 3.05) is 26.2 Å². The van der Waals surface area contributed by atoms with Gasteiger partial charge in [0.2, 0.25) is 0 Å². The number of Topliss-reactive ketones (excluding diaryl/α,β-unsaturated/α-hetero) is 1. The molecule has 0 saturated carbocycles. The third kappa shape index (κ3) is 3.76. The van der Waals surface area contributed by atoms with Crippen molar-refractivity contribution < 1.29 is 28.9 Å². The fourth-order valence-corrected chi connectivity index (χ4v) is 3.91. The normalized spacial score (nSPS) is 17.2. The molecule has 8 heteroatoms. The maximum Gasteiger partial charge on any atom is 0.301 e. The van der Waals surface area contributed by atoms with E-state index in [9.17, 15) is 14.7 Å². The number of hydrogen-bond acceptors (Lipinski definition) is 7. The molecule has 4 rings (SSSR count). The molecule has 1 aliphatic heterocycles. The third-order valence-electron chi connectivity index (χ3n) is 5.41. The molecule has 33 heavy (non-hydrogen) atoms. The van der Waals surface area contributed by atoms with Crippen LogP contribution in [0.1, 0.15) is 17.2 Å². The first-order valence-electron chi connectivity index (χ1n) is 10.1. The number of anilines is 1.